The molecule has 23 heavy (non-hydrogen) atoms. The van der Waals surface area contributed by atoms with Crippen LogP contribution < -0.4 is 0 Å². The molecule has 1 aliphatic rings. The smallest absolute Gasteiger partial charge is 0.336 e. The molecule has 2 aromatic rings. The van der Waals surface area contributed by atoms with Gasteiger partial charge in [-0.15, -0.1) is 11.3 Å². The lowest BCUT2D eigenvalue weighted by Gasteiger charge is -2.37. The highest BCUT2D eigenvalue weighted by atomic mass is 32.1. The lowest BCUT2D eigenvalue weighted by molar-refractivity contribution is 0.0328. The Morgan fingerprint density at radius 3 is 2.65 bits per heavy atom. The van der Waals surface area contributed by atoms with E-state index in [1.54, 1.807) is 24.3 Å². The molecule has 0 radical (unpaired) electrons. The number of carboxylic acids is 1. The number of carboxylic acid groups (broad SMARTS) is 1. The van der Waals surface area contributed by atoms with Crippen LogP contribution in [0.4, 0.5) is 4.39 Å². The predicted molar refractivity (Wildman–Crippen MR) is 85.6 cm³/mol. The molecule has 1 aliphatic heterocycles. The second-order valence-corrected chi connectivity index (χ2v) is 6.58. The van der Waals surface area contributed by atoms with Crippen molar-refractivity contribution in [3.63, 3.8) is 0 Å². The molecule has 1 saturated heterocycles. The SMILES string of the molecule is O=C(O)c1csc(C(=O)N2CCCC(F)(c3ccccc3)C2)c1. The number of thiophene rings is 1. The first-order chi connectivity index (χ1) is 11.0. The van der Waals surface area contributed by atoms with Crippen LogP contribution in [0.15, 0.2) is 41.8 Å². The first kappa shape index (κ1) is 15.7. The second-order valence-electron chi connectivity index (χ2n) is 5.67. The largest absolute Gasteiger partial charge is 0.478 e. The van der Waals surface area contributed by atoms with Crippen LogP contribution in [-0.4, -0.2) is 35.0 Å². The van der Waals surface area contributed by atoms with Crippen molar-refractivity contribution in [3.05, 3.63) is 57.8 Å². The van der Waals surface area contributed by atoms with Crippen LogP contribution in [0.2, 0.25) is 0 Å². The van der Waals surface area contributed by atoms with Crippen molar-refractivity contribution in [3.8, 4) is 0 Å². The first-order valence-electron chi connectivity index (χ1n) is 7.35. The van der Waals surface area contributed by atoms with Gasteiger partial charge >= 0.3 is 5.97 Å². The highest BCUT2D eigenvalue weighted by Gasteiger charge is 2.39. The maximum atomic E-state index is 15.3. The monoisotopic (exact) mass is 333 g/mol. The third-order valence-corrected chi connectivity index (χ3v) is 5.00. The van der Waals surface area contributed by atoms with Crippen LogP contribution in [0, 0.1) is 0 Å². The topological polar surface area (TPSA) is 57.6 Å². The van der Waals surface area contributed by atoms with Crippen LogP contribution in [0.5, 0.6) is 0 Å². The van der Waals surface area contributed by atoms with Crippen LogP contribution in [0.3, 0.4) is 0 Å². The van der Waals surface area contributed by atoms with Crippen molar-refractivity contribution in [2.24, 2.45) is 0 Å². The molecular formula is C17H16FNO3S. The molecule has 1 amide bonds. The van der Waals surface area contributed by atoms with Crippen molar-refractivity contribution in [1.29, 1.82) is 0 Å². The van der Waals surface area contributed by atoms with E-state index in [9.17, 15) is 9.59 Å². The number of aromatic carboxylic acids is 1. The number of hydrogen-bond donors (Lipinski definition) is 1. The molecule has 1 aromatic heterocycles. The Morgan fingerprint density at radius 1 is 1.26 bits per heavy atom. The molecule has 1 unspecified atom stereocenters. The van der Waals surface area contributed by atoms with Gasteiger partial charge in [0.05, 0.1) is 17.0 Å². The maximum Gasteiger partial charge on any atom is 0.336 e. The van der Waals surface area contributed by atoms with Crippen molar-refractivity contribution < 1.29 is 19.1 Å². The average molecular weight is 333 g/mol. The predicted octanol–water partition coefficient (Wildman–Crippen LogP) is 3.55. The Morgan fingerprint density at radius 2 is 2.00 bits per heavy atom. The molecule has 3 rings (SSSR count). The molecule has 4 nitrogen and oxygen atoms in total. The van der Waals surface area contributed by atoms with Crippen LogP contribution in [-0.2, 0) is 5.67 Å². The number of carbonyl (C=O) groups excluding carboxylic acids is 1. The number of hydrogen-bond acceptors (Lipinski definition) is 3. The molecule has 0 bridgehead atoms. The highest BCUT2D eigenvalue weighted by molar-refractivity contribution is 7.12. The van der Waals surface area contributed by atoms with Gasteiger partial charge in [0.2, 0.25) is 0 Å². The number of piperidine rings is 1. The lowest BCUT2D eigenvalue weighted by atomic mass is 9.87. The van der Waals surface area contributed by atoms with Gasteiger partial charge in [0.1, 0.15) is 0 Å². The normalized spacial score (nSPS) is 21.2. The minimum absolute atomic E-state index is 0.00382. The molecule has 1 aromatic carbocycles. The Labute approximate surface area is 137 Å². The number of nitrogens with zero attached hydrogens (tertiary/aromatic N) is 1. The molecule has 120 valence electrons. The minimum atomic E-state index is -1.55. The van der Waals surface area contributed by atoms with E-state index >= 15 is 4.39 Å². The van der Waals surface area contributed by atoms with Crippen LogP contribution in [0.25, 0.3) is 0 Å². The highest BCUT2D eigenvalue weighted by Crippen LogP contribution is 2.36. The van der Waals surface area contributed by atoms with E-state index in [2.05, 4.69) is 0 Å². The second kappa shape index (κ2) is 6.12. The van der Waals surface area contributed by atoms with Gasteiger partial charge in [-0.3, -0.25) is 4.79 Å². The van der Waals surface area contributed by atoms with Gasteiger partial charge in [-0.2, -0.15) is 0 Å². The quantitative estimate of drug-likeness (QED) is 0.934. The van der Waals surface area contributed by atoms with E-state index < -0.39 is 11.6 Å². The summed E-state index contributed by atoms with van der Waals surface area (Å²) < 4.78 is 15.3. The fraction of sp³-hybridized carbons (Fsp3) is 0.294. The lowest BCUT2D eigenvalue weighted by Crippen LogP contribution is -2.46. The first-order valence-corrected chi connectivity index (χ1v) is 8.23. The fourth-order valence-electron chi connectivity index (χ4n) is 2.87. The number of benzene rings is 1. The molecule has 0 aliphatic carbocycles. The molecule has 6 heteroatoms. The third kappa shape index (κ3) is 3.12. The van der Waals surface area contributed by atoms with Crippen molar-refractivity contribution >= 4 is 23.2 Å². The van der Waals surface area contributed by atoms with E-state index in [1.807, 2.05) is 6.07 Å². The maximum absolute atomic E-state index is 15.3. The van der Waals surface area contributed by atoms with Gasteiger partial charge in [0.25, 0.3) is 5.91 Å². The van der Waals surface area contributed by atoms with Crippen LogP contribution >= 0.6 is 11.3 Å². The molecule has 1 atom stereocenters. The van der Waals surface area contributed by atoms with Gasteiger partial charge in [-0.25, -0.2) is 9.18 Å². The van der Waals surface area contributed by atoms with E-state index in [-0.39, 0.29) is 18.0 Å². The molecular weight excluding hydrogens is 317 g/mol. The molecule has 1 N–H and O–H groups in total. The Kier molecular flexibility index (Phi) is 4.17. The van der Waals surface area contributed by atoms with Gasteiger partial charge in [0.15, 0.2) is 5.67 Å². The van der Waals surface area contributed by atoms with Gasteiger partial charge < -0.3 is 10.0 Å². The van der Waals surface area contributed by atoms with E-state index in [0.717, 1.165) is 11.3 Å². The number of rotatable bonds is 3. The Balaban J connectivity index is 1.80. The van der Waals surface area contributed by atoms with Crippen molar-refractivity contribution in [2.45, 2.75) is 18.5 Å². The average Bonchev–Trinajstić information content (AvgIpc) is 3.05. The zero-order valence-electron chi connectivity index (χ0n) is 12.4. The summed E-state index contributed by atoms with van der Waals surface area (Å²) in [6.45, 7) is 0.480. The number of likely N-dealkylation sites (tertiary alicyclic amines) is 1. The van der Waals surface area contributed by atoms with Crippen molar-refractivity contribution in [2.75, 3.05) is 13.1 Å². The molecule has 0 saturated carbocycles. The summed E-state index contributed by atoms with van der Waals surface area (Å²) in [7, 11) is 0. The standard InChI is InChI=1S/C17H16FNO3S/c18-17(13-5-2-1-3-6-13)7-4-8-19(11-17)15(20)14-9-12(10-23-14)16(21)22/h1-3,5-6,9-10H,4,7-8,11H2,(H,21,22). The fourth-order valence-corrected chi connectivity index (χ4v) is 3.72. The number of amides is 1. The molecule has 0 spiro atoms. The van der Waals surface area contributed by atoms with Crippen molar-refractivity contribution in [1.82, 2.24) is 4.90 Å². The third-order valence-electron chi connectivity index (χ3n) is 4.08. The molecule has 2 heterocycles. The van der Waals surface area contributed by atoms with Gasteiger partial charge in [0, 0.05) is 11.9 Å². The number of alkyl halides is 1. The Bertz CT molecular complexity index is 730. The summed E-state index contributed by atoms with van der Waals surface area (Å²) in [4.78, 5) is 25.3. The summed E-state index contributed by atoms with van der Waals surface area (Å²) in [5.41, 5.74) is -0.887. The van der Waals surface area contributed by atoms with E-state index in [0.29, 0.717) is 29.8 Å². The van der Waals surface area contributed by atoms with Gasteiger partial charge in [-0.05, 0) is 24.5 Å². The van der Waals surface area contributed by atoms with E-state index in [4.69, 9.17) is 5.11 Å². The summed E-state index contributed by atoms with van der Waals surface area (Å²) in [6, 6.07) is 10.2. The van der Waals surface area contributed by atoms with E-state index in [1.165, 1.54) is 16.3 Å². The minimum Gasteiger partial charge on any atom is -0.478 e. The zero-order chi connectivity index (χ0) is 16.4. The van der Waals surface area contributed by atoms with Crippen LogP contribution in [0.1, 0.15) is 38.4 Å². The summed E-state index contributed by atoms with van der Waals surface area (Å²) in [5, 5.41) is 10.4. The summed E-state index contributed by atoms with van der Waals surface area (Å²) in [5.74, 6) is -1.37. The summed E-state index contributed by atoms with van der Waals surface area (Å²) in [6.07, 6.45) is 0.958. The number of carbonyl (C=O) groups is 2. The molecule has 1 fully saturated rings. The summed E-state index contributed by atoms with van der Waals surface area (Å²) >= 11 is 1.08. The zero-order valence-corrected chi connectivity index (χ0v) is 13.2. The Hall–Kier alpha value is -2.21. The van der Waals surface area contributed by atoms with Gasteiger partial charge in [-0.1, -0.05) is 30.3 Å². The number of halogens is 1.